The van der Waals surface area contributed by atoms with Crippen molar-refractivity contribution in [1.29, 1.82) is 0 Å². The Morgan fingerprint density at radius 2 is 1.71 bits per heavy atom. The zero-order valence-corrected chi connectivity index (χ0v) is 14.5. The van der Waals surface area contributed by atoms with Crippen LogP contribution in [-0.4, -0.2) is 39.1 Å². The van der Waals surface area contributed by atoms with Gasteiger partial charge in [0.25, 0.3) is 5.91 Å². The summed E-state index contributed by atoms with van der Waals surface area (Å²) in [6.07, 6.45) is 1.00. The fourth-order valence-corrected chi connectivity index (χ4v) is 2.64. The first-order valence-corrected chi connectivity index (χ1v) is 7.83. The van der Waals surface area contributed by atoms with E-state index in [4.69, 9.17) is 14.2 Å². The van der Waals surface area contributed by atoms with Crippen molar-refractivity contribution in [3.63, 3.8) is 0 Å². The van der Waals surface area contributed by atoms with Crippen LogP contribution in [0, 0.1) is 5.92 Å². The van der Waals surface area contributed by atoms with Crippen molar-refractivity contribution in [3.8, 4) is 17.2 Å². The van der Waals surface area contributed by atoms with Crippen LogP contribution in [0.2, 0.25) is 0 Å². The van der Waals surface area contributed by atoms with E-state index in [1.165, 1.54) is 14.2 Å². The summed E-state index contributed by atoms with van der Waals surface area (Å²) in [6.45, 7) is 2.70. The van der Waals surface area contributed by atoms with Crippen molar-refractivity contribution < 1.29 is 19.0 Å². The standard InChI is InChI=1S/C15H22BrNO4/c1-10(5-6-16)9-17-15(18)11-7-13(20-3)14(21-4)8-12(11)19-2/h7-8,10H,5-6,9H2,1-4H3,(H,17,18). The van der Waals surface area contributed by atoms with Gasteiger partial charge >= 0.3 is 0 Å². The third-order valence-corrected chi connectivity index (χ3v) is 3.62. The van der Waals surface area contributed by atoms with Crippen LogP contribution in [0.25, 0.3) is 0 Å². The highest BCUT2D eigenvalue weighted by atomic mass is 79.9. The Morgan fingerprint density at radius 3 is 2.24 bits per heavy atom. The fourth-order valence-electron chi connectivity index (χ4n) is 1.86. The van der Waals surface area contributed by atoms with E-state index in [0.717, 1.165) is 11.8 Å². The topological polar surface area (TPSA) is 56.8 Å². The van der Waals surface area contributed by atoms with E-state index in [2.05, 4.69) is 28.2 Å². The second-order valence-corrected chi connectivity index (χ2v) is 5.49. The van der Waals surface area contributed by atoms with Gasteiger partial charge in [-0.15, -0.1) is 0 Å². The lowest BCUT2D eigenvalue weighted by Gasteiger charge is -2.15. The van der Waals surface area contributed by atoms with Gasteiger partial charge in [-0.3, -0.25) is 4.79 Å². The molecule has 0 heterocycles. The van der Waals surface area contributed by atoms with Crippen LogP contribution in [0.1, 0.15) is 23.7 Å². The monoisotopic (exact) mass is 359 g/mol. The van der Waals surface area contributed by atoms with Crippen LogP contribution >= 0.6 is 15.9 Å². The van der Waals surface area contributed by atoms with Gasteiger partial charge in [0.15, 0.2) is 11.5 Å². The molecule has 6 heteroatoms. The molecule has 118 valence electrons. The molecule has 0 spiro atoms. The summed E-state index contributed by atoms with van der Waals surface area (Å²) in [5.74, 6) is 1.70. The number of methoxy groups -OCH3 is 3. The molecule has 0 saturated heterocycles. The summed E-state index contributed by atoms with van der Waals surface area (Å²) in [6, 6.07) is 3.28. The van der Waals surface area contributed by atoms with E-state index in [9.17, 15) is 4.79 Å². The number of alkyl halides is 1. The Kier molecular flexibility index (Phi) is 7.36. The largest absolute Gasteiger partial charge is 0.496 e. The second-order valence-electron chi connectivity index (χ2n) is 4.70. The summed E-state index contributed by atoms with van der Waals surface area (Å²) in [4.78, 5) is 12.3. The van der Waals surface area contributed by atoms with Crippen LogP contribution in [0.3, 0.4) is 0 Å². The highest BCUT2D eigenvalue weighted by Crippen LogP contribution is 2.34. The SMILES string of the molecule is COc1cc(OC)c(C(=O)NCC(C)CCBr)cc1OC. The lowest BCUT2D eigenvalue weighted by Crippen LogP contribution is -2.28. The number of ether oxygens (including phenoxy) is 3. The van der Waals surface area contributed by atoms with Gasteiger partial charge in [-0.05, 0) is 12.3 Å². The molecule has 0 aliphatic rings. The first-order valence-electron chi connectivity index (χ1n) is 6.71. The first kappa shape index (κ1) is 17.6. The molecule has 1 unspecified atom stereocenters. The molecule has 1 aromatic rings. The van der Waals surface area contributed by atoms with Crippen LogP contribution in [0.4, 0.5) is 0 Å². The lowest BCUT2D eigenvalue weighted by molar-refractivity contribution is 0.0944. The third-order valence-electron chi connectivity index (χ3n) is 3.16. The number of hydrogen-bond acceptors (Lipinski definition) is 4. The molecule has 1 atom stereocenters. The van der Waals surface area contributed by atoms with Crippen LogP contribution < -0.4 is 19.5 Å². The highest BCUT2D eigenvalue weighted by molar-refractivity contribution is 9.09. The van der Waals surface area contributed by atoms with Gasteiger partial charge in [0.05, 0.1) is 26.9 Å². The van der Waals surface area contributed by atoms with Crippen molar-refractivity contribution in [2.24, 2.45) is 5.92 Å². The Bertz CT molecular complexity index is 479. The van der Waals surface area contributed by atoms with Crippen molar-refractivity contribution in [1.82, 2.24) is 5.32 Å². The Balaban J connectivity index is 2.92. The minimum atomic E-state index is -0.186. The van der Waals surface area contributed by atoms with Gasteiger partial charge in [-0.25, -0.2) is 0 Å². The molecule has 1 amide bonds. The predicted octanol–water partition coefficient (Wildman–Crippen LogP) is 2.86. The number of hydrogen-bond donors (Lipinski definition) is 1. The molecule has 0 saturated carbocycles. The number of amides is 1. The average molecular weight is 360 g/mol. The molecule has 21 heavy (non-hydrogen) atoms. The fraction of sp³-hybridized carbons (Fsp3) is 0.533. The van der Waals surface area contributed by atoms with Crippen LogP contribution in [0.5, 0.6) is 17.2 Å². The van der Waals surface area contributed by atoms with Crippen molar-refractivity contribution in [3.05, 3.63) is 17.7 Å². The number of rotatable bonds is 8. The van der Waals surface area contributed by atoms with E-state index in [0.29, 0.717) is 35.3 Å². The summed E-state index contributed by atoms with van der Waals surface area (Å²) < 4.78 is 15.7. The van der Waals surface area contributed by atoms with E-state index < -0.39 is 0 Å². The molecule has 0 fully saturated rings. The maximum Gasteiger partial charge on any atom is 0.255 e. The van der Waals surface area contributed by atoms with Gasteiger partial charge in [-0.1, -0.05) is 22.9 Å². The molecule has 1 aromatic carbocycles. The quantitative estimate of drug-likeness (QED) is 0.725. The molecule has 0 aromatic heterocycles. The van der Waals surface area contributed by atoms with Crippen LogP contribution in [-0.2, 0) is 0 Å². The number of benzene rings is 1. The molecular formula is C15H22BrNO4. The molecule has 0 bridgehead atoms. The number of carbonyl (C=O) groups excluding carboxylic acids is 1. The molecular weight excluding hydrogens is 338 g/mol. The van der Waals surface area contributed by atoms with Crippen molar-refractivity contribution in [2.45, 2.75) is 13.3 Å². The zero-order chi connectivity index (χ0) is 15.8. The number of nitrogens with one attached hydrogen (secondary N) is 1. The minimum Gasteiger partial charge on any atom is -0.496 e. The summed E-state index contributed by atoms with van der Waals surface area (Å²) in [5.41, 5.74) is 0.432. The maximum absolute atomic E-state index is 12.3. The normalized spacial score (nSPS) is 11.7. The van der Waals surface area contributed by atoms with Gasteiger partial charge < -0.3 is 19.5 Å². The number of carbonyl (C=O) groups is 1. The Hall–Kier alpha value is -1.43. The van der Waals surface area contributed by atoms with E-state index in [-0.39, 0.29) is 5.91 Å². The van der Waals surface area contributed by atoms with Gasteiger partial charge in [-0.2, -0.15) is 0 Å². The molecule has 0 aliphatic heterocycles. The van der Waals surface area contributed by atoms with Gasteiger partial charge in [0, 0.05) is 24.0 Å². The van der Waals surface area contributed by atoms with E-state index in [1.807, 2.05) is 0 Å². The molecule has 1 N–H and O–H groups in total. The molecule has 1 rings (SSSR count). The molecule has 0 aliphatic carbocycles. The smallest absolute Gasteiger partial charge is 0.255 e. The number of halogens is 1. The lowest BCUT2D eigenvalue weighted by atomic mass is 10.1. The molecule has 0 radical (unpaired) electrons. The summed E-state index contributed by atoms with van der Waals surface area (Å²) >= 11 is 3.40. The third kappa shape index (κ3) is 4.81. The predicted molar refractivity (Wildman–Crippen MR) is 86.0 cm³/mol. The van der Waals surface area contributed by atoms with Gasteiger partial charge in [0.2, 0.25) is 0 Å². The van der Waals surface area contributed by atoms with Crippen molar-refractivity contribution in [2.75, 3.05) is 33.2 Å². The summed E-state index contributed by atoms with van der Waals surface area (Å²) in [5, 5.41) is 3.83. The van der Waals surface area contributed by atoms with Crippen molar-refractivity contribution >= 4 is 21.8 Å². The first-order chi connectivity index (χ1) is 10.1. The highest BCUT2D eigenvalue weighted by Gasteiger charge is 2.18. The minimum absolute atomic E-state index is 0.186. The Morgan fingerprint density at radius 1 is 1.14 bits per heavy atom. The molecule has 5 nitrogen and oxygen atoms in total. The van der Waals surface area contributed by atoms with E-state index in [1.54, 1.807) is 19.2 Å². The second kappa shape index (κ2) is 8.77. The van der Waals surface area contributed by atoms with Gasteiger partial charge in [0.1, 0.15) is 5.75 Å². The zero-order valence-electron chi connectivity index (χ0n) is 12.9. The Labute approximate surface area is 134 Å². The maximum atomic E-state index is 12.3. The average Bonchev–Trinajstić information content (AvgIpc) is 2.51. The van der Waals surface area contributed by atoms with Crippen LogP contribution in [0.15, 0.2) is 12.1 Å². The van der Waals surface area contributed by atoms with E-state index >= 15 is 0 Å². The summed E-state index contributed by atoms with van der Waals surface area (Å²) in [7, 11) is 4.59.